The summed E-state index contributed by atoms with van der Waals surface area (Å²) in [7, 11) is 0. The summed E-state index contributed by atoms with van der Waals surface area (Å²) in [4.78, 5) is 64.7. The van der Waals surface area contributed by atoms with Gasteiger partial charge in [0, 0.05) is 18.0 Å². The van der Waals surface area contributed by atoms with E-state index in [9.17, 15) is 29.3 Å². The summed E-state index contributed by atoms with van der Waals surface area (Å²) in [5.74, 6) is -2.27. The van der Waals surface area contributed by atoms with Crippen molar-refractivity contribution in [1.82, 2.24) is 9.80 Å². The minimum absolute atomic E-state index is 0.0179. The largest absolute Gasteiger partial charge is 0.459 e. The van der Waals surface area contributed by atoms with Crippen LogP contribution in [0.5, 0.6) is 0 Å². The van der Waals surface area contributed by atoms with Crippen LogP contribution < -0.4 is 0 Å². The zero-order chi connectivity index (χ0) is 25.1. The summed E-state index contributed by atoms with van der Waals surface area (Å²) in [6.45, 7) is 1.58. The minimum Gasteiger partial charge on any atom is -0.459 e. The Kier molecular flexibility index (Phi) is 5.56. The Morgan fingerprint density at radius 1 is 1.11 bits per heavy atom. The van der Waals surface area contributed by atoms with E-state index in [-0.39, 0.29) is 29.3 Å². The molecule has 3 amide bonds. The van der Waals surface area contributed by atoms with Crippen molar-refractivity contribution in [3.05, 3.63) is 75.3 Å². The second-order valence-corrected chi connectivity index (χ2v) is 10.5. The molecule has 0 spiro atoms. The van der Waals surface area contributed by atoms with Crippen LogP contribution in [0.25, 0.3) is 0 Å². The molecule has 35 heavy (non-hydrogen) atoms. The van der Waals surface area contributed by atoms with E-state index in [2.05, 4.69) is 0 Å². The Balaban J connectivity index is 1.34. The molecule has 3 aliphatic heterocycles. The molecule has 2 unspecified atom stereocenters. The van der Waals surface area contributed by atoms with Crippen molar-refractivity contribution in [3.63, 3.8) is 0 Å². The molecule has 5 rings (SSSR count). The highest BCUT2D eigenvalue weighted by atomic mass is 35.5. The lowest BCUT2D eigenvalue weighted by atomic mass is 9.95. The molecule has 10 nitrogen and oxygen atoms in total. The number of rotatable bonds is 6. The molecule has 0 saturated carbocycles. The van der Waals surface area contributed by atoms with Crippen LogP contribution >= 0.6 is 23.4 Å². The number of nitro benzene ring substituents is 1. The third kappa shape index (κ3) is 3.49. The van der Waals surface area contributed by atoms with Crippen molar-refractivity contribution in [2.75, 3.05) is 5.88 Å². The number of carbonyl (C=O) groups excluding carboxylic acids is 4. The standard InChI is InChI=1S/C23H18ClN3O7S/c1-23(11-24)17(22(31)34-10-12-6-8-13(9-7-12)27(32)33)26-20(30)16(21(26)35-23)25-18(28)14-4-2-3-5-15(14)19(25)29/h2-9,16-17,21H,10-11H2,1H3/t16?,17?,21-,23-/m0/s1. The molecule has 2 aromatic carbocycles. The highest BCUT2D eigenvalue weighted by Crippen LogP contribution is 2.53. The van der Waals surface area contributed by atoms with E-state index in [0.29, 0.717) is 5.56 Å². The highest BCUT2D eigenvalue weighted by Gasteiger charge is 2.68. The number of thioether (sulfide) groups is 1. The second kappa shape index (κ2) is 8.35. The zero-order valence-corrected chi connectivity index (χ0v) is 19.8. The summed E-state index contributed by atoms with van der Waals surface area (Å²) >= 11 is 7.48. The monoisotopic (exact) mass is 515 g/mol. The SMILES string of the molecule is C[C@@]1(CCl)S[C@H]2C(N3C(=O)c4ccccc4C3=O)C(=O)N2C1C(=O)OCc1ccc([N+](=O)[O-])cc1. The van der Waals surface area contributed by atoms with Gasteiger partial charge in [-0.05, 0) is 36.8 Å². The Hall–Kier alpha value is -3.44. The molecule has 2 aromatic rings. The number of ether oxygens (including phenoxy) is 1. The van der Waals surface area contributed by atoms with Crippen molar-refractivity contribution in [2.24, 2.45) is 0 Å². The number of imide groups is 1. The van der Waals surface area contributed by atoms with Gasteiger partial charge in [-0.3, -0.25) is 29.4 Å². The van der Waals surface area contributed by atoms with E-state index < -0.39 is 50.8 Å². The average Bonchev–Trinajstić information content (AvgIpc) is 3.27. The number of non-ortho nitro benzene ring substituents is 1. The molecule has 180 valence electrons. The summed E-state index contributed by atoms with van der Waals surface area (Å²) in [6, 6.07) is 9.88. The number of nitro groups is 1. The molecule has 3 aliphatic rings. The van der Waals surface area contributed by atoms with Gasteiger partial charge in [-0.15, -0.1) is 23.4 Å². The third-order valence-corrected chi connectivity index (χ3v) is 8.76. The normalized spacial score (nSPS) is 26.9. The van der Waals surface area contributed by atoms with Crippen LogP contribution in [-0.4, -0.2) is 66.5 Å². The fourth-order valence-corrected chi connectivity index (χ4v) is 6.61. The first kappa shape index (κ1) is 23.3. The fourth-order valence-electron chi connectivity index (χ4n) is 4.61. The summed E-state index contributed by atoms with van der Waals surface area (Å²) in [5.41, 5.74) is 0.935. The van der Waals surface area contributed by atoms with Crippen molar-refractivity contribution in [3.8, 4) is 0 Å². The molecule has 0 bridgehead atoms. The molecular formula is C23H18ClN3O7S. The second-order valence-electron chi connectivity index (χ2n) is 8.60. The number of benzene rings is 2. The van der Waals surface area contributed by atoms with Gasteiger partial charge in [-0.2, -0.15) is 0 Å². The summed E-state index contributed by atoms with van der Waals surface area (Å²) in [6.07, 6.45) is 0. The molecule has 0 radical (unpaired) electrons. The van der Waals surface area contributed by atoms with Crippen LogP contribution in [0, 0.1) is 10.1 Å². The summed E-state index contributed by atoms with van der Waals surface area (Å²) in [5, 5.41) is 10.2. The zero-order valence-electron chi connectivity index (χ0n) is 18.3. The van der Waals surface area contributed by atoms with Crippen molar-refractivity contribution in [2.45, 2.75) is 35.7 Å². The Labute approximate surface area is 208 Å². The quantitative estimate of drug-likeness (QED) is 0.143. The topological polar surface area (TPSA) is 127 Å². The third-order valence-electron chi connectivity index (χ3n) is 6.42. The Morgan fingerprint density at radius 3 is 2.26 bits per heavy atom. The van der Waals surface area contributed by atoms with E-state index in [1.807, 2.05) is 0 Å². The van der Waals surface area contributed by atoms with Crippen LogP contribution in [0.1, 0.15) is 33.2 Å². The maximum atomic E-state index is 13.2. The molecule has 2 fully saturated rings. The number of nitrogens with zero attached hydrogens (tertiary/aromatic N) is 3. The number of esters is 1. The van der Waals surface area contributed by atoms with Crippen LogP contribution in [0.2, 0.25) is 0 Å². The molecule has 0 aliphatic carbocycles. The van der Waals surface area contributed by atoms with Gasteiger partial charge in [0.2, 0.25) is 0 Å². The minimum atomic E-state index is -1.04. The first-order chi connectivity index (χ1) is 16.7. The van der Waals surface area contributed by atoms with Crippen molar-refractivity contribution < 1.29 is 28.8 Å². The van der Waals surface area contributed by atoms with Crippen molar-refractivity contribution in [1.29, 1.82) is 0 Å². The van der Waals surface area contributed by atoms with E-state index in [4.69, 9.17) is 16.3 Å². The van der Waals surface area contributed by atoms with Crippen molar-refractivity contribution >= 4 is 52.7 Å². The first-order valence-electron chi connectivity index (χ1n) is 10.6. The number of amides is 3. The van der Waals surface area contributed by atoms with Crippen LogP contribution in [0.3, 0.4) is 0 Å². The van der Waals surface area contributed by atoms with Gasteiger partial charge >= 0.3 is 5.97 Å². The molecule has 0 N–H and O–H groups in total. The van der Waals surface area contributed by atoms with E-state index >= 15 is 0 Å². The predicted octanol–water partition coefficient (Wildman–Crippen LogP) is 2.58. The average molecular weight is 516 g/mol. The Morgan fingerprint density at radius 2 is 1.71 bits per heavy atom. The van der Waals surface area contributed by atoms with E-state index in [1.54, 1.807) is 31.2 Å². The van der Waals surface area contributed by atoms with Gasteiger partial charge in [0.05, 0.1) is 20.8 Å². The number of hydrogen-bond donors (Lipinski definition) is 0. The Bertz CT molecular complexity index is 1250. The maximum Gasteiger partial charge on any atom is 0.330 e. The molecule has 4 atom stereocenters. The molecule has 2 saturated heterocycles. The maximum absolute atomic E-state index is 13.2. The van der Waals surface area contributed by atoms with Gasteiger partial charge in [0.1, 0.15) is 24.1 Å². The molecule has 3 heterocycles. The van der Waals surface area contributed by atoms with E-state index in [0.717, 1.165) is 4.90 Å². The number of β-lactam (4-membered cyclic amide) rings is 1. The molecule has 0 aromatic heterocycles. The lowest BCUT2D eigenvalue weighted by Crippen LogP contribution is -2.71. The van der Waals surface area contributed by atoms with E-state index in [1.165, 1.54) is 40.9 Å². The highest BCUT2D eigenvalue weighted by molar-refractivity contribution is 8.01. The number of alkyl halides is 1. The lowest BCUT2D eigenvalue weighted by Gasteiger charge is -2.46. The number of fused-ring (bicyclic) bond motifs is 2. The summed E-state index contributed by atoms with van der Waals surface area (Å²) < 4.78 is 4.53. The van der Waals surface area contributed by atoms with Crippen LogP contribution in [0.4, 0.5) is 5.69 Å². The smallest absolute Gasteiger partial charge is 0.330 e. The lowest BCUT2D eigenvalue weighted by molar-refractivity contribution is -0.384. The predicted molar refractivity (Wildman–Crippen MR) is 125 cm³/mol. The number of carbonyl (C=O) groups is 4. The molecular weight excluding hydrogens is 498 g/mol. The van der Waals surface area contributed by atoms with Gasteiger partial charge in [-0.1, -0.05) is 12.1 Å². The first-order valence-corrected chi connectivity index (χ1v) is 12.0. The number of halogens is 1. The van der Waals surface area contributed by atoms with Gasteiger partial charge < -0.3 is 9.64 Å². The molecule has 12 heteroatoms. The van der Waals surface area contributed by atoms with Gasteiger partial charge in [0.15, 0.2) is 0 Å². The van der Waals surface area contributed by atoms with Gasteiger partial charge in [0.25, 0.3) is 23.4 Å². The van der Waals surface area contributed by atoms with Crippen LogP contribution in [0.15, 0.2) is 48.5 Å². The van der Waals surface area contributed by atoms with Gasteiger partial charge in [-0.25, -0.2) is 4.79 Å². The number of hydrogen-bond acceptors (Lipinski definition) is 8. The van der Waals surface area contributed by atoms with Crippen LogP contribution in [-0.2, 0) is 20.9 Å². The fraction of sp³-hybridized carbons (Fsp3) is 0.304.